The molecule has 1 nitrogen and oxygen atoms in total. The van der Waals surface area contributed by atoms with Gasteiger partial charge in [-0.2, -0.15) is 0 Å². The van der Waals surface area contributed by atoms with E-state index in [9.17, 15) is 0 Å². The Morgan fingerprint density at radius 3 is 2.31 bits per heavy atom. The fourth-order valence-electron chi connectivity index (χ4n) is 2.54. The van der Waals surface area contributed by atoms with E-state index in [-0.39, 0.29) is 0 Å². The summed E-state index contributed by atoms with van der Waals surface area (Å²) in [5.74, 6) is 2.16. The molecule has 13 heavy (non-hydrogen) atoms. The van der Waals surface area contributed by atoms with Crippen LogP contribution in [-0.2, 0) is 0 Å². The molecule has 2 rings (SSSR count). The summed E-state index contributed by atoms with van der Waals surface area (Å²) in [5.41, 5.74) is 0.497. The molecular weight excluding hydrogens is 158 g/mol. The number of rotatable bonds is 3. The Kier molecular flexibility index (Phi) is 2.18. The first-order valence-electron chi connectivity index (χ1n) is 5.78. The van der Waals surface area contributed by atoms with Gasteiger partial charge in [0.05, 0.1) is 0 Å². The van der Waals surface area contributed by atoms with Gasteiger partial charge in [-0.1, -0.05) is 20.8 Å². The fraction of sp³-hybridized carbons (Fsp3) is 1.00. The lowest BCUT2D eigenvalue weighted by Crippen LogP contribution is -2.42. The molecule has 1 aliphatic carbocycles. The summed E-state index contributed by atoms with van der Waals surface area (Å²) >= 11 is 0. The lowest BCUT2D eigenvalue weighted by Gasteiger charge is -2.38. The molecule has 0 spiro atoms. The number of piperidine rings is 1. The standard InChI is InChI=1S/C12H23N/c1-5-12(3,4)9(2)13-7-10-6-11(10)8-13/h9-11H,5-8H2,1-4H3. The zero-order valence-electron chi connectivity index (χ0n) is 9.51. The Hall–Kier alpha value is -0.0400. The molecular formula is C12H23N. The second-order valence-electron chi connectivity index (χ2n) is 5.73. The van der Waals surface area contributed by atoms with Gasteiger partial charge in [-0.15, -0.1) is 0 Å². The van der Waals surface area contributed by atoms with Gasteiger partial charge in [0.25, 0.3) is 0 Å². The SMILES string of the molecule is CCC(C)(C)C(C)N1CC2CC2C1. The van der Waals surface area contributed by atoms with Crippen LogP contribution in [0.4, 0.5) is 0 Å². The van der Waals surface area contributed by atoms with Gasteiger partial charge in [-0.3, -0.25) is 4.90 Å². The topological polar surface area (TPSA) is 3.24 Å². The Labute approximate surface area is 82.5 Å². The molecule has 2 fully saturated rings. The minimum Gasteiger partial charge on any atom is -0.300 e. The molecule has 0 aromatic rings. The normalized spacial score (nSPS) is 36.0. The van der Waals surface area contributed by atoms with Gasteiger partial charge in [0.2, 0.25) is 0 Å². The van der Waals surface area contributed by atoms with Crippen LogP contribution in [-0.4, -0.2) is 24.0 Å². The fourth-order valence-corrected chi connectivity index (χ4v) is 2.54. The third kappa shape index (κ3) is 1.63. The van der Waals surface area contributed by atoms with Crippen LogP contribution >= 0.6 is 0 Å². The third-order valence-corrected chi connectivity index (χ3v) is 4.60. The van der Waals surface area contributed by atoms with E-state index in [1.165, 1.54) is 25.9 Å². The largest absolute Gasteiger partial charge is 0.300 e. The minimum atomic E-state index is 0.497. The highest BCUT2D eigenvalue weighted by molar-refractivity contribution is 4.99. The highest BCUT2D eigenvalue weighted by atomic mass is 15.2. The Bertz CT molecular complexity index is 187. The summed E-state index contributed by atoms with van der Waals surface area (Å²) in [4.78, 5) is 2.71. The first-order valence-corrected chi connectivity index (χ1v) is 5.78. The van der Waals surface area contributed by atoms with Crippen molar-refractivity contribution in [2.45, 2.75) is 46.6 Å². The first-order chi connectivity index (χ1) is 6.04. The average molecular weight is 181 g/mol. The van der Waals surface area contributed by atoms with Crippen LogP contribution in [0.5, 0.6) is 0 Å². The van der Waals surface area contributed by atoms with Gasteiger partial charge in [0.15, 0.2) is 0 Å². The van der Waals surface area contributed by atoms with E-state index in [0.717, 1.165) is 17.9 Å². The zero-order chi connectivity index (χ0) is 9.64. The van der Waals surface area contributed by atoms with E-state index in [1.54, 1.807) is 0 Å². The van der Waals surface area contributed by atoms with Crippen molar-refractivity contribution >= 4 is 0 Å². The molecule has 76 valence electrons. The average Bonchev–Trinajstić information content (AvgIpc) is 2.72. The van der Waals surface area contributed by atoms with E-state index in [0.29, 0.717) is 5.41 Å². The smallest absolute Gasteiger partial charge is 0.0118 e. The maximum atomic E-state index is 2.71. The van der Waals surface area contributed by atoms with Crippen molar-refractivity contribution in [2.24, 2.45) is 17.3 Å². The van der Waals surface area contributed by atoms with Gasteiger partial charge in [-0.05, 0) is 37.0 Å². The highest BCUT2D eigenvalue weighted by Gasteiger charge is 2.47. The Morgan fingerprint density at radius 2 is 1.85 bits per heavy atom. The predicted octanol–water partition coefficient (Wildman–Crippen LogP) is 2.76. The van der Waals surface area contributed by atoms with Crippen LogP contribution in [0.15, 0.2) is 0 Å². The summed E-state index contributed by atoms with van der Waals surface area (Å²) in [7, 11) is 0. The van der Waals surface area contributed by atoms with Crippen LogP contribution < -0.4 is 0 Å². The molecule has 0 radical (unpaired) electrons. The maximum absolute atomic E-state index is 2.71. The molecule has 3 atom stereocenters. The molecule has 0 aromatic heterocycles. The van der Waals surface area contributed by atoms with Crippen molar-refractivity contribution in [1.29, 1.82) is 0 Å². The van der Waals surface area contributed by atoms with Crippen molar-refractivity contribution in [1.82, 2.24) is 4.90 Å². The Morgan fingerprint density at radius 1 is 1.31 bits per heavy atom. The Balaban J connectivity index is 1.93. The third-order valence-electron chi connectivity index (χ3n) is 4.60. The lowest BCUT2D eigenvalue weighted by molar-refractivity contribution is 0.109. The summed E-state index contributed by atoms with van der Waals surface area (Å²) in [6.45, 7) is 12.3. The molecule has 0 N–H and O–H groups in total. The molecule has 1 saturated carbocycles. The van der Waals surface area contributed by atoms with Gasteiger partial charge in [0.1, 0.15) is 0 Å². The quantitative estimate of drug-likeness (QED) is 0.647. The first kappa shape index (κ1) is 9.51. The second kappa shape index (κ2) is 2.98. The van der Waals surface area contributed by atoms with Crippen molar-refractivity contribution < 1.29 is 0 Å². The number of hydrogen-bond donors (Lipinski definition) is 0. The number of fused-ring (bicyclic) bond motifs is 1. The summed E-state index contributed by atoms with van der Waals surface area (Å²) in [6.07, 6.45) is 2.82. The predicted molar refractivity (Wildman–Crippen MR) is 56.7 cm³/mol. The van der Waals surface area contributed by atoms with Crippen molar-refractivity contribution in [3.63, 3.8) is 0 Å². The molecule has 3 unspecified atom stereocenters. The highest BCUT2D eigenvalue weighted by Crippen LogP contribution is 2.47. The van der Waals surface area contributed by atoms with Crippen LogP contribution in [0, 0.1) is 17.3 Å². The van der Waals surface area contributed by atoms with E-state index in [4.69, 9.17) is 0 Å². The van der Waals surface area contributed by atoms with E-state index in [2.05, 4.69) is 32.6 Å². The minimum absolute atomic E-state index is 0.497. The van der Waals surface area contributed by atoms with E-state index < -0.39 is 0 Å². The van der Waals surface area contributed by atoms with E-state index >= 15 is 0 Å². The van der Waals surface area contributed by atoms with Crippen molar-refractivity contribution in [3.8, 4) is 0 Å². The zero-order valence-corrected chi connectivity index (χ0v) is 9.51. The van der Waals surface area contributed by atoms with Gasteiger partial charge in [0, 0.05) is 19.1 Å². The van der Waals surface area contributed by atoms with Crippen LogP contribution in [0.1, 0.15) is 40.5 Å². The van der Waals surface area contributed by atoms with Crippen molar-refractivity contribution in [3.05, 3.63) is 0 Å². The van der Waals surface area contributed by atoms with Crippen LogP contribution in [0.25, 0.3) is 0 Å². The molecule has 0 aromatic carbocycles. The molecule has 1 saturated heterocycles. The molecule has 1 heteroatoms. The molecule has 0 bridgehead atoms. The molecule has 1 heterocycles. The summed E-state index contributed by atoms with van der Waals surface area (Å²) < 4.78 is 0. The molecule has 2 aliphatic rings. The van der Waals surface area contributed by atoms with Crippen molar-refractivity contribution in [2.75, 3.05) is 13.1 Å². The monoisotopic (exact) mass is 181 g/mol. The summed E-state index contributed by atoms with van der Waals surface area (Å²) in [5, 5.41) is 0. The number of likely N-dealkylation sites (tertiary alicyclic amines) is 1. The molecule has 0 amide bonds. The number of hydrogen-bond acceptors (Lipinski definition) is 1. The van der Waals surface area contributed by atoms with E-state index in [1.807, 2.05) is 0 Å². The number of nitrogens with zero attached hydrogens (tertiary/aromatic N) is 1. The van der Waals surface area contributed by atoms with Gasteiger partial charge in [-0.25, -0.2) is 0 Å². The van der Waals surface area contributed by atoms with Gasteiger partial charge >= 0.3 is 0 Å². The maximum Gasteiger partial charge on any atom is 0.0118 e. The second-order valence-corrected chi connectivity index (χ2v) is 5.73. The lowest BCUT2D eigenvalue weighted by atomic mass is 9.82. The van der Waals surface area contributed by atoms with Crippen LogP contribution in [0.2, 0.25) is 0 Å². The van der Waals surface area contributed by atoms with Gasteiger partial charge < -0.3 is 0 Å². The van der Waals surface area contributed by atoms with Crippen LogP contribution in [0.3, 0.4) is 0 Å². The molecule has 1 aliphatic heterocycles. The summed E-state index contributed by atoms with van der Waals surface area (Å²) in [6, 6.07) is 0.769.